The number of amides is 1. The van der Waals surface area contributed by atoms with Crippen molar-refractivity contribution in [3.8, 4) is 0 Å². The van der Waals surface area contributed by atoms with Gasteiger partial charge in [-0.05, 0) is 19.4 Å². The minimum atomic E-state index is 0.203. The molecular weight excluding hydrogens is 242 g/mol. The van der Waals surface area contributed by atoms with Gasteiger partial charge >= 0.3 is 0 Å². The van der Waals surface area contributed by atoms with Gasteiger partial charge in [-0.1, -0.05) is 6.92 Å². The Hall–Kier alpha value is -1.49. The zero-order valence-corrected chi connectivity index (χ0v) is 11.6. The largest absolute Gasteiger partial charge is 0.379 e. The maximum atomic E-state index is 11.8. The van der Waals surface area contributed by atoms with Gasteiger partial charge in [-0.3, -0.25) is 4.79 Å². The second-order valence-corrected chi connectivity index (χ2v) is 4.99. The lowest BCUT2D eigenvalue weighted by Crippen LogP contribution is -2.36. The van der Waals surface area contributed by atoms with Crippen LogP contribution in [0.1, 0.15) is 24.7 Å². The lowest BCUT2D eigenvalue weighted by atomic mass is 10.0. The Balaban J connectivity index is 2.00. The van der Waals surface area contributed by atoms with Gasteiger partial charge in [0.1, 0.15) is 6.33 Å². The smallest absolute Gasteiger partial charge is 0.222 e. The number of nitrogens with zero attached hydrogens (tertiary/aromatic N) is 3. The van der Waals surface area contributed by atoms with E-state index in [1.165, 1.54) is 0 Å². The van der Waals surface area contributed by atoms with Crippen molar-refractivity contribution in [2.75, 3.05) is 26.3 Å². The molecule has 1 aliphatic heterocycles. The van der Waals surface area contributed by atoms with Gasteiger partial charge in [0, 0.05) is 36.8 Å². The molecule has 1 aliphatic rings. The van der Waals surface area contributed by atoms with Crippen LogP contribution in [-0.4, -0.2) is 47.1 Å². The molecule has 1 aromatic rings. The Kier molecular flexibility index (Phi) is 4.85. The van der Waals surface area contributed by atoms with Crippen LogP contribution in [0.5, 0.6) is 0 Å². The monoisotopic (exact) mass is 263 g/mol. The molecule has 1 amide bonds. The van der Waals surface area contributed by atoms with Crippen LogP contribution in [-0.2, 0) is 16.0 Å². The first-order valence-electron chi connectivity index (χ1n) is 6.82. The molecular formula is C14H21N3O2. The molecule has 19 heavy (non-hydrogen) atoms. The fourth-order valence-corrected chi connectivity index (χ4v) is 2.37. The molecule has 5 nitrogen and oxygen atoms in total. The van der Waals surface area contributed by atoms with Crippen molar-refractivity contribution in [1.82, 2.24) is 14.9 Å². The Bertz CT molecular complexity index is 436. The molecule has 2 heterocycles. The summed E-state index contributed by atoms with van der Waals surface area (Å²) in [5, 5.41) is 0. The van der Waals surface area contributed by atoms with E-state index < -0.39 is 0 Å². The van der Waals surface area contributed by atoms with Crippen molar-refractivity contribution in [2.24, 2.45) is 5.92 Å². The Morgan fingerprint density at radius 3 is 3.11 bits per heavy atom. The fraction of sp³-hybridized carbons (Fsp3) is 0.643. The van der Waals surface area contributed by atoms with E-state index in [0.29, 0.717) is 32.1 Å². The van der Waals surface area contributed by atoms with Gasteiger partial charge in [0.15, 0.2) is 0 Å². The van der Waals surface area contributed by atoms with E-state index in [4.69, 9.17) is 4.74 Å². The molecule has 1 fully saturated rings. The van der Waals surface area contributed by atoms with Gasteiger partial charge in [0.2, 0.25) is 5.91 Å². The van der Waals surface area contributed by atoms with Crippen LogP contribution in [0, 0.1) is 12.8 Å². The first-order chi connectivity index (χ1) is 9.19. The maximum absolute atomic E-state index is 11.8. The summed E-state index contributed by atoms with van der Waals surface area (Å²) < 4.78 is 5.60. The summed E-state index contributed by atoms with van der Waals surface area (Å²) in [4.78, 5) is 22.1. The molecule has 0 N–H and O–H groups in total. The van der Waals surface area contributed by atoms with E-state index in [-0.39, 0.29) is 5.91 Å². The summed E-state index contributed by atoms with van der Waals surface area (Å²) in [6.07, 6.45) is 2.98. The highest BCUT2D eigenvalue weighted by Crippen LogP contribution is 2.13. The third kappa shape index (κ3) is 3.99. The molecule has 0 aliphatic carbocycles. The summed E-state index contributed by atoms with van der Waals surface area (Å²) in [6, 6.07) is 2.00. The highest BCUT2D eigenvalue weighted by molar-refractivity contribution is 5.75. The summed E-state index contributed by atoms with van der Waals surface area (Å²) in [5.41, 5.74) is 1.99. The predicted octanol–water partition coefficient (Wildman–Crippen LogP) is 1.21. The average molecular weight is 263 g/mol. The summed E-state index contributed by atoms with van der Waals surface area (Å²) in [6.45, 7) is 6.64. The predicted molar refractivity (Wildman–Crippen MR) is 71.7 cm³/mol. The zero-order chi connectivity index (χ0) is 13.7. The highest BCUT2D eigenvalue weighted by atomic mass is 16.5. The minimum absolute atomic E-state index is 0.203. The van der Waals surface area contributed by atoms with Crippen molar-refractivity contribution in [1.29, 1.82) is 0 Å². The zero-order valence-electron chi connectivity index (χ0n) is 11.6. The van der Waals surface area contributed by atoms with Crippen molar-refractivity contribution >= 4 is 5.91 Å². The molecule has 0 bridgehead atoms. The quantitative estimate of drug-likeness (QED) is 0.822. The average Bonchev–Trinajstić information content (AvgIpc) is 2.63. The highest BCUT2D eigenvalue weighted by Gasteiger charge is 2.22. The number of aryl methyl sites for hydroxylation is 1. The van der Waals surface area contributed by atoms with E-state index in [0.717, 1.165) is 24.4 Å². The van der Waals surface area contributed by atoms with Crippen LogP contribution < -0.4 is 0 Å². The van der Waals surface area contributed by atoms with E-state index in [1.54, 1.807) is 6.33 Å². The molecule has 5 heteroatoms. The summed E-state index contributed by atoms with van der Waals surface area (Å²) in [7, 11) is 0. The van der Waals surface area contributed by atoms with Crippen LogP contribution in [0.4, 0.5) is 0 Å². The molecule has 0 aromatic carbocycles. The van der Waals surface area contributed by atoms with Crippen LogP contribution >= 0.6 is 0 Å². The molecule has 2 rings (SSSR count). The lowest BCUT2D eigenvalue weighted by molar-refractivity contribution is -0.131. The third-order valence-corrected chi connectivity index (χ3v) is 3.35. The summed E-state index contributed by atoms with van der Waals surface area (Å²) >= 11 is 0. The normalized spacial score (nSPS) is 20.1. The van der Waals surface area contributed by atoms with E-state index in [9.17, 15) is 4.79 Å². The van der Waals surface area contributed by atoms with Crippen LogP contribution in [0.3, 0.4) is 0 Å². The van der Waals surface area contributed by atoms with Gasteiger partial charge in [-0.15, -0.1) is 0 Å². The minimum Gasteiger partial charge on any atom is -0.379 e. The lowest BCUT2D eigenvalue weighted by Gasteiger charge is -2.23. The van der Waals surface area contributed by atoms with Gasteiger partial charge in [-0.2, -0.15) is 0 Å². The van der Waals surface area contributed by atoms with Crippen molar-refractivity contribution in [3.05, 3.63) is 23.8 Å². The van der Waals surface area contributed by atoms with Crippen molar-refractivity contribution in [2.45, 2.75) is 26.7 Å². The first kappa shape index (κ1) is 13.9. The molecule has 1 atom stereocenters. The Morgan fingerprint density at radius 1 is 1.53 bits per heavy atom. The van der Waals surface area contributed by atoms with Crippen LogP contribution in [0.25, 0.3) is 0 Å². The molecule has 0 radical (unpaired) electrons. The number of hydrogen-bond acceptors (Lipinski definition) is 4. The molecule has 1 aromatic heterocycles. The second kappa shape index (κ2) is 6.61. The number of ether oxygens (including phenoxy) is 1. The molecule has 0 saturated carbocycles. The van der Waals surface area contributed by atoms with E-state index in [2.05, 4.69) is 9.97 Å². The maximum Gasteiger partial charge on any atom is 0.222 e. The van der Waals surface area contributed by atoms with E-state index >= 15 is 0 Å². The van der Waals surface area contributed by atoms with Crippen LogP contribution in [0.2, 0.25) is 0 Å². The molecule has 104 valence electrons. The Morgan fingerprint density at radius 2 is 2.37 bits per heavy atom. The standard InChI is InChI=1S/C14H21N3O2/c1-3-14(18)17-4-5-19-9-12(8-17)7-13-6-11(2)15-10-16-13/h6,10,12H,3-5,7-9H2,1-2H3/t12-/m0/s1. The second-order valence-electron chi connectivity index (χ2n) is 4.99. The van der Waals surface area contributed by atoms with Crippen molar-refractivity contribution in [3.63, 3.8) is 0 Å². The number of hydrogen-bond donors (Lipinski definition) is 0. The Labute approximate surface area is 114 Å². The first-order valence-corrected chi connectivity index (χ1v) is 6.82. The fourth-order valence-electron chi connectivity index (χ4n) is 2.37. The number of aromatic nitrogens is 2. The topological polar surface area (TPSA) is 55.3 Å². The SMILES string of the molecule is CCC(=O)N1CCOC[C@@H](Cc2cc(C)ncn2)C1. The van der Waals surface area contributed by atoms with Gasteiger partial charge < -0.3 is 9.64 Å². The third-order valence-electron chi connectivity index (χ3n) is 3.35. The van der Waals surface area contributed by atoms with Crippen LogP contribution in [0.15, 0.2) is 12.4 Å². The molecule has 0 spiro atoms. The van der Waals surface area contributed by atoms with Gasteiger partial charge in [0.05, 0.1) is 13.2 Å². The number of carbonyl (C=O) groups excluding carboxylic acids is 1. The molecule has 1 saturated heterocycles. The van der Waals surface area contributed by atoms with Crippen molar-refractivity contribution < 1.29 is 9.53 Å². The summed E-state index contributed by atoms with van der Waals surface area (Å²) in [5.74, 6) is 0.515. The van der Waals surface area contributed by atoms with Gasteiger partial charge in [-0.25, -0.2) is 9.97 Å². The number of carbonyl (C=O) groups is 1. The van der Waals surface area contributed by atoms with E-state index in [1.807, 2.05) is 24.8 Å². The van der Waals surface area contributed by atoms with Gasteiger partial charge in [0.25, 0.3) is 0 Å². The number of rotatable bonds is 3. The molecule has 0 unspecified atom stereocenters.